The summed E-state index contributed by atoms with van der Waals surface area (Å²) in [6.45, 7) is 4.10. The molecule has 1 N–H and O–H groups in total. The van der Waals surface area contributed by atoms with E-state index in [2.05, 4.69) is 10.2 Å². The number of nitrogens with zero attached hydrogens (tertiary/aromatic N) is 3. The van der Waals surface area contributed by atoms with Crippen LogP contribution in [-0.4, -0.2) is 34.3 Å². The summed E-state index contributed by atoms with van der Waals surface area (Å²) in [5.41, 5.74) is 2.93. The van der Waals surface area contributed by atoms with Gasteiger partial charge in [-0.15, -0.1) is 0 Å². The Morgan fingerprint density at radius 2 is 1.88 bits per heavy atom. The van der Waals surface area contributed by atoms with E-state index in [0.29, 0.717) is 5.69 Å². The molecule has 1 saturated heterocycles. The summed E-state index contributed by atoms with van der Waals surface area (Å²) in [5.74, 6) is 0.767. The summed E-state index contributed by atoms with van der Waals surface area (Å²) < 4.78 is 16.1. The van der Waals surface area contributed by atoms with Crippen molar-refractivity contribution >= 4 is 5.82 Å². The second-order valence-electron chi connectivity index (χ2n) is 6.86. The first-order valence-electron chi connectivity index (χ1n) is 9.15. The molecule has 2 aromatic rings. The third-order valence-corrected chi connectivity index (χ3v) is 5.12. The largest absolute Gasteiger partial charge is 0.370 e. The molecule has 4 nitrogen and oxygen atoms in total. The Labute approximate surface area is 142 Å². The predicted molar refractivity (Wildman–Crippen MR) is 94.1 cm³/mol. The molecule has 0 saturated carbocycles. The highest BCUT2D eigenvalue weighted by Gasteiger charge is 2.23. The number of aromatic nitrogens is 2. The van der Waals surface area contributed by atoms with Gasteiger partial charge in [-0.2, -0.15) is 5.10 Å². The molecule has 0 amide bonds. The smallest absolute Gasteiger partial charge is 0.148 e. The average molecular weight is 328 g/mol. The van der Waals surface area contributed by atoms with Gasteiger partial charge < -0.3 is 5.32 Å². The number of anilines is 1. The molecule has 2 aliphatic rings. The Morgan fingerprint density at radius 3 is 2.71 bits per heavy atom. The number of halogens is 1. The Morgan fingerprint density at radius 1 is 1.04 bits per heavy atom. The van der Waals surface area contributed by atoms with Crippen LogP contribution in [0.5, 0.6) is 0 Å². The van der Waals surface area contributed by atoms with E-state index >= 15 is 0 Å². The number of fused-ring (bicyclic) bond motifs is 1. The zero-order valence-corrected chi connectivity index (χ0v) is 14.1. The summed E-state index contributed by atoms with van der Waals surface area (Å²) >= 11 is 0. The van der Waals surface area contributed by atoms with Gasteiger partial charge in [0.2, 0.25) is 0 Å². The first-order valence-corrected chi connectivity index (χ1v) is 9.15. The van der Waals surface area contributed by atoms with Crippen LogP contribution in [0.15, 0.2) is 24.3 Å². The van der Waals surface area contributed by atoms with Gasteiger partial charge in [-0.1, -0.05) is 18.6 Å². The number of likely N-dealkylation sites (tertiary alicyclic amines) is 1. The minimum Gasteiger partial charge on any atom is -0.370 e. The maximum absolute atomic E-state index is 14.3. The van der Waals surface area contributed by atoms with Crippen LogP contribution in [0.4, 0.5) is 10.2 Å². The number of piperidine rings is 1. The van der Waals surface area contributed by atoms with Crippen molar-refractivity contribution in [2.24, 2.45) is 0 Å². The minimum absolute atomic E-state index is 0.224. The summed E-state index contributed by atoms with van der Waals surface area (Å²) in [4.78, 5) is 2.49. The van der Waals surface area contributed by atoms with Crippen molar-refractivity contribution in [2.75, 3.05) is 25.0 Å². The van der Waals surface area contributed by atoms with Crippen LogP contribution in [0.3, 0.4) is 0 Å². The van der Waals surface area contributed by atoms with Crippen molar-refractivity contribution in [3.05, 3.63) is 41.3 Å². The van der Waals surface area contributed by atoms with Gasteiger partial charge in [-0.3, -0.25) is 4.90 Å². The molecule has 1 aromatic heterocycles. The highest BCUT2D eigenvalue weighted by Crippen LogP contribution is 2.30. The highest BCUT2D eigenvalue weighted by molar-refractivity contribution is 5.54. The Hall–Kier alpha value is -1.88. The molecule has 5 heteroatoms. The fourth-order valence-corrected chi connectivity index (χ4v) is 3.83. The molecule has 1 fully saturated rings. The number of benzene rings is 1. The Bertz CT molecular complexity index is 703. The predicted octanol–water partition coefficient (Wildman–Crippen LogP) is 3.75. The van der Waals surface area contributed by atoms with Crippen LogP contribution >= 0.6 is 0 Å². The molecular formula is C19H25FN4. The molecule has 1 aromatic carbocycles. The topological polar surface area (TPSA) is 33.1 Å². The highest BCUT2D eigenvalue weighted by atomic mass is 19.1. The van der Waals surface area contributed by atoms with Crippen LogP contribution < -0.4 is 5.32 Å². The molecule has 3 heterocycles. The zero-order chi connectivity index (χ0) is 16.4. The van der Waals surface area contributed by atoms with Crippen molar-refractivity contribution in [3.8, 4) is 5.69 Å². The van der Waals surface area contributed by atoms with Gasteiger partial charge in [-0.25, -0.2) is 9.07 Å². The first kappa shape index (κ1) is 15.6. The average Bonchev–Trinajstić information content (AvgIpc) is 2.79. The first-order chi connectivity index (χ1) is 11.8. The maximum Gasteiger partial charge on any atom is 0.148 e. The van der Waals surface area contributed by atoms with Crippen molar-refractivity contribution < 1.29 is 4.39 Å². The number of rotatable bonds is 3. The molecule has 2 aliphatic heterocycles. The third-order valence-electron chi connectivity index (χ3n) is 5.12. The van der Waals surface area contributed by atoms with E-state index < -0.39 is 0 Å². The number of nitrogens with one attached hydrogen (secondary N) is 1. The third kappa shape index (κ3) is 3.05. The number of hydrogen-bond donors (Lipinski definition) is 1. The van der Waals surface area contributed by atoms with Crippen LogP contribution in [0.2, 0.25) is 0 Å². The fourth-order valence-electron chi connectivity index (χ4n) is 3.83. The SMILES string of the molecule is Fc1ccccc1-n1nc(CN2CCCCC2)c2c1NCCCC2. The van der Waals surface area contributed by atoms with E-state index in [0.717, 1.165) is 57.0 Å². The van der Waals surface area contributed by atoms with Crippen LogP contribution in [0, 0.1) is 5.82 Å². The molecule has 4 rings (SSSR count). The van der Waals surface area contributed by atoms with E-state index in [4.69, 9.17) is 5.10 Å². The maximum atomic E-state index is 14.3. The lowest BCUT2D eigenvalue weighted by atomic mass is 10.1. The molecule has 0 bridgehead atoms. The molecule has 0 radical (unpaired) electrons. The second-order valence-corrected chi connectivity index (χ2v) is 6.86. The van der Waals surface area contributed by atoms with E-state index in [1.807, 2.05) is 6.07 Å². The summed E-state index contributed by atoms with van der Waals surface area (Å²) in [6.07, 6.45) is 7.22. The Kier molecular flexibility index (Phi) is 4.52. The molecule has 0 aliphatic carbocycles. The molecule has 0 atom stereocenters. The van der Waals surface area contributed by atoms with Gasteiger partial charge in [0, 0.05) is 18.7 Å². The van der Waals surface area contributed by atoms with E-state index in [-0.39, 0.29) is 5.82 Å². The minimum atomic E-state index is -0.224. The molecule has 0 spiro atoms. The fraction of sp³-hybridized carbons (Fsp3) is 0.526. The van der Waals surface area contributed by atoms with E-state index in [1.165, 1.54) is 30.9 Å². The molecule has 128 valence electrons. The van der Waals surface area contributed by atoms with E-state index in [9.17, 15) is 4.39 Å². The summed E-state index contributed by atoms with van der Waals surface area (Å²) in [6, 6.07) is 6.90. The van der Waals surface area contributed by atoms with E-state index in [1.54, 1.807) is 16.8 Å². The number of hydrogen-bond acceptors (Lipinski definition) is 3. The molecule has 0 unspecified atom stereocenters. The summed E-state index contributed by atoms with van der Waals surface area (Å²) in [5, 5.41) is 8.32. The molecular weight excluding hydrogens is 303 g/mol. The van der Waals surface area contributed by atoms with Gasteiger partial charge in [0.25, 0.3) is 0 Å². The lowest BCUT2D eigenvalue weighted by molar-refractivity contribution is 0.217. The monoisotopic (exact) mass is 328 g/mol. The quantitative estimate of drug-likeness (QED) is 0.931. The Balaban J connectivity index is 1.72. The van der Waals surface area contributed by atoms with Crippen LogP contribution in [0.1, 0.15) is 43.4 Å². The van der Waals surface area contributed by atoms with Crippen molar-refractivity contribution in [2.45, 2.75) is 45.1 Å². The van der Waals surface area contributed by atoms with Gasteiger partial charge >= 0.3 is 0 Å². The normalized spacial score (nSPS) is 18.7. The van der Waals surface area contributed by atoms with Gasteiger partial charge in [0.1, 0.15) is 17.3 Å². The van der Waals surface area contributed by atoms with Crippen LogP contribution in [-0.2, 0) is 13.0 Å². The zero-order valence-electron chi connectivity index (χ0n) is 14.1. The van der Waals surface area contributed by atoms with Crippen molar-refractivity contribution in [3.63, 3.8) is 0 Å². The lowest BCUT2D eigenvalue weighted by Gasteiger charge is -2.25. The standard InChI is InChI=1S/C19H25FN4/c20-16-9-2-3-10-18(16)24-19-15(8-4-5-11-21-19)17(22-24)14-23-12-6-1-7-13-23/h2-3,9-10,21H,1,4-8,11-14H2. The second kappa shape index (κ2) is 6.93. The van der Waals surface area contributed by atoms with Gasteiger partial charge in [0.15, 0.2) is 0 Å². The summed E-state index contributed by atoms with van der Waals surface area (Å²) in [7, 11) is 0. The van der Waals surface area contributed by atoms with Crippen LogP contribution in [0.25, 0.3) is 5.69 Å². The number of para-hydroxylation sites is 1. The van der Waals surface area contributed by atoms with Gasteiger partial charge in [0.05, 0.1) is 5.69 Å². The lowest BCUT2D eigenvalue weighted by Crippen LogP contribution is -2.29. The molecule has 24 heavy (non-hydrogen) atoms. The van der Waals surface area contributed by atoms with Gasteiger partial charge in [-0.05, 0) is 57.3 Å². The van der Waals surface area contributed by atoms with Crippen molar-refractivity contribution in [1.82, 2.24) is 14.7 Å². The van der Waals surface area contributed by atoms with Crippen molar-refractivity contribution in [1.29, 1.82) is 0 Å².